The number of halogens is 1. The average molecular weight is 241 g/mol. The lowest BCUT2D eigenvalue weighted by Gasteiger charge is -2.10. The van der Waals surface area contributed by atoms with Gasteiger partial charge in [-0.15, -0.1) is 12.4 Å². The van der Waals surface area contributed by atoms with Gasteiger partial charge in [0, 0.05) is 6.54 Å². The number of nitrogens with zero attached hydrogens (tertiary/aromatic N) is 2. The van der Waals surface area contributed by atoms with Crippen LogP contribution in [0.2, 0.25) is 0 Å². The van der Waals surface area contributed by atoms with Crippen LogP contribution >= 0.6 is 12.4 Å². The summed E-state index contributed by atoms with van der Waals surface area (Å²) in [4.78, 5) is 4.41. The lowest BCUT2D eigenvalue weighted by atomic mass is 10.2. The van der Waals surface area contributed by atoms with Crippen LogP contribution in [-0.2, 0) is 6.54 Å². The van der Waals surface area contributed by atoms with Gasteiger partial charge in [-0.3, -0.25) is 5.43 Å². The first-order chi connectivity index (χ1) is 7.22. The van der Waals surface area contributed by atoms with E-state index in [0.717, 1.165) is 23.5 Å². The molecule has 0 aliphatic heterocycles. The first kappa shape index (κ1) is 12.8. The molecular formula is C11H17ClN4. The standard InChI is InChI=1S/C11H16N4.ClH/c1-8(2)7-15-10-6-4-3-5-9(10)13-11(15)14-12;/h3-6,8H,7,12H2,1-2H3,(H,13,14);1H. The summed E-state index contributed by atoms with van der Waals surface area (Å²) < 4.78 is 2.11. The van der Waals surface area contributed by atoms with Crippen molar-refractivity contribution in [1.82, 2.24) is 9.55 Å². The van der Waals surface area contributed by atoms with E-state index in [2.05, 4.69) is 34.9 Å². The smallest absolute Gasteiger partial charge is 0.218 e. The van der Waals surface area contributed by atoms with Gasteiger partial charge in [0.1, 0.15) is 0 Å². The van der Waals surface area contributed by atoms with E-state index in [1.165, 1.54) is 0 Å². The first-order valence-electron chi connectivity index (χ1n) is 5.14. The van der Waals surface area contributed by atoms with Crippen molar-refractivity contribution in [2.24, 2.45) is 11.8 Å². The number of para-hydroxylation sites is 2. The van der Waals surface area contributed by atoms with Gasteiger partial charge in [0.05, 0.1) is 11.0 Å². The molecule has 1 aromatic carbocycles. The zero-order chi connectivity index (χ0) is 10.8. The van der Waals surface area contributed by atoms with Crippen LogP contribution in [-0.4, -0.2) is 9.55 Å². The Labute approximate surface area is 101 Å². The van der Waals surface area contributed by atoms with Crippen molar-refractivity contribution in [3.05, 3.63) is 24.3 Å². The molecule has 4 nitrogen and oxygen atoms in total. The number of nitrogens with two attached hydrogens (primary N) is 1. The summed E-state index contributed by atoms with van der Waals surface area (Å²) in [5.74, 6) is 6.75. The molecule has 1 heterocycles. The van der Waals surface area contributed by atoms with Crippen molar-refractivity contribution >= 4 is 29.4 Å². The van der Waals surface area contributed by atoms with Crippen molar-refractivity contribution in [1.29, 1.82) is 0 Å². The Bertz CT molecular complexity index is 464. The summed E-state index contributed by atoms with van der Waals surface area (Å²) in [5.41, 5.74) is 4.74. The number of imidazole rings is 1. The number of nitrogens with one attached hydrogen (secondary N) is 1. The summed E-state index contributed by atoms with van der Waals surface area (Å²) in [6, 6.07) is 8.05. The van der Waals surface area contributed by atoms with Gasteiger partial charge >= 0.3 is 0 Å². The van der Waals surface area contributed by atoms with E-state index >= 15 is 0 Å². The van der Waals surface area contributed by atoms with E-state index in [1.807, 2.05) is 18.2 Å². The largest absolute Gasteiger partial charge is 0.309 e. The van der Waals surface area contributed by atoms with Crippen LogP contribution in [0.3, 0.4) is 0 Å². The van der Waals surface area contributed by atoms with Crippen molar-refractivity contribution < 1.29 is 0 Å². The molecule has 5 heteroatoms. The van der Waals surface area contributed by atoms with Crippen LogP contribution in [0, 0.1) is 5.92 Å². The quantitative estimate of drug-likeness (QED) is 0.640. The van der Waals surface area contributed by atoms with Crippen LogP contribution in [0.4, 0.5) is 5.95 Å². The number of fused-ring (bicyclic) bond motifs is 1. The Balaban J connectivity index is 0.00000128. The highest BCUT2D eigenvalue weighted by atomic mass is 35.5. The van der Waals surface area contributed by atoms with E-state index in [4.69, 9.17) is 5.84 Å². The van der Waals surface area contributed by atoms with Crippen LogP contribution in [0.1, 0.15) is 13.8 Å². The number of anilines is 1. The highest BCUT2D eigenvalue weighted by Crippen LogP contribution is 2.20. The predicted octanol–water partition coefficient (Wildman–Crippen LogP) is 2.40. The molecule has 0 amide bonds. The molecule has 16 heavy (non-hydrogen) atoms. The zero-order valence-electron chi connectivity index (χ0n) is 9.47. The summed E-state index contributed by atoms with van der Waals surface area (Å²) >= 11 is 0. The second-order valence-corrected chi connectivity index (χ2v) is 4.07. The molecule has 0 aliphatic rings. The number of hydrogen-bond acceptors (Lipinski definition) is 3. The molecule has 3 N–H and O–H groups in total. The maximum absolute atomic E-state index is 5.46. The van der Waals surface area contributed by atoms with Crippen molar-refractivity contribution in [3.63, 3.8) is 0 Å². The Morgan fingerprint density at radius 3 is 2.69 bits per heavy atom. The van der Waals surface area contributed by atoms with Gasteiger partial charge in [0.2, 0.25) is 5.95 Å². The van der Waals surface area contributed by atoms with Gasteiger partial charge in [0.15, 0.2) is 0 Å². The molecule has 0 saturated carbocycles. The van der Waals surface area contributed by atoms with Gasteiger partial charge in [-0.2, -0.15) is 0 Å². The summed E-state index contributed by atoms with van der Waals surface area (Å²) in [5, 5.41) is 0. The average Bonchev–Trinajstić information content (AvgIpc) is 2.56. The topological polar surface area (TPSA) is 55.9 Å². The number of benzene rings is 1. The van der Waals surface area contributed by atoms with Gasteiger partial charge in [-0.25, -0.2) is 10.8 Å². The molecule has 1 aromatic heterocycles. The van der Waals surface area contributed by atoms with Crippen molar-refractivity contribution in [2.45, 2.75) is 20.4 Å². The lowest BCUT2D eigenvalue weighted by Crippen LogP contribution is -2.15. The molecule has 88 valence electrons. The molecule has 0 radical (unpaired) electrons. The minimum atomic E-state index is 0. The molecular weight excluding hydrogens is 224 g/mol. The molecule has 0 spiro atoms. The minimum absolute atomic E-state index is 0. The minimum Gasteiger partial charge on any atom is -0.309 e. The fraction of sp³-hybridized carbons (Fsp3) is 0.364. The predicted molar refractivity (Wildman–Crippen MR) is 69.6 cm³/mol. The molecule has 2 rings (SSSR count). The zero-order valence-corrected chi connectivity index (χ0v) is 10.3. The van der Waals surface area contributed by atoms with Crippen LogP contribution in [0.5, 0.6) is 0 Å². The molecule has 2 aromatic rings. The Hall–Kier alpha value is -1.26. The number of rotatable bonds is 3. The monoisotopic (exact) mass is 240 g/mol. The molecule has 0 fully saturated rings. The summed E-state index contributed by atoms with van der Waals surface area (Å²) in [6.07, 6.45) is 0. The normalized spacial score (nSPS) is 10.5. The van der Waals surface area contributed by atoms with E-state index in [1.54, 1.807) is 0 Å². The molecule has 0 atom stereocenters. The summed E-state index contributed by atoms with van der Waals surface area (Å²) in [7, 11) is 0. The van der Waals surface area contributed by atoms with Crippen LogP contribution in [0.15, 0.2) is 24.3 Å². The molecule has 0 saturated heterocycles. The molecule has 0 unspecified atom stereocenters. The third-order valence-electron chi connectivity index (χ3n) is 2.33. The second-order valence-electron chi connectivity index (χ2n) is 4.07. The van der Waals surface area contributed by atoms with Gasteiger partial charge in [-0.1, -0.05) is 26.0 Å². The highest BCUT2D eigenvalue weighted by molar-refractivity contribution is 5.85. The number of aromatic nitrogens is 2. The maximum atomic E-state index is 5.46. The second kappa shape index (κ2) is 5.18. The van der Waals surface area contributed by atoms with Crippen LogP contribution < -0.4 is 11.3 Å². The Morgan fingerprint density at radius 2 is 2.06 bits per heavy atom. The summed E-state index contributed by atoms with van der Waals surface area (Å²) in [6.45, 7) is 5.27. The van der Waals surface area contributed by atoms with Crippen molar-refractivity contribution in [3.8, 4) is 0 Å². The number of hydrogen-bond donors (Lipinski definition) is 2. The number of hydrazine groups is 1. The third-order valence-corrected chi connectivity index (χ3v) is 2.33. The molecule has 0 bridgehead atoms. The lowest BCUT2D eigenvalue weighted by molar-refractivity contribution is 0.536. The fourth-order valence-corrected chi connectivity index (χ4v) is 1.74. The van der Waals surface area contributed by atoms with Gasteiger partial charge in [0.25, 0.3) is 0 Å². The third kappa shape index (κ3) is 2.28. The van der Waals surface area contributed by atoms with Gasteiger partial charge in [-0.05, 0) is 18.1 Å². The van der Waals surface area contributed by atoms with Crippen LogP contribution in [0.25, 0.3) is 11.0 Å². The maximum Gasteiger partial charge on any atom is 0.218 e. The van der Waals surface area contributed by atoms with E-state index in [-0.39, 0.29) is 12.4 Å². The SMILES string of the molecule is CC(C)Cn1c(NN)nc2ccccc21.Cl. The van der Waals surface area contributed by atoms with E-state index < -0.39 is 0 Å². The first-order valence-corrected chi connectivity index (χ1v) is 5.14. The van der Waals surface area contributed by atoms with Gasteiger partial charge < -0.3 is 4.57 Å². The Morgan fingerprint density at radius 1 is 1.38 bits per heavy atom. The molecule has 0 aliphatic carbocycles. The highest BCUT2D eigenvalue weighted by Gasteiger charge is 2.09. The van der Waals surface area contributed by atoms with E-state index in [9.17, 15) is 0 Å². The Kier molecular flexibility index (Phi) is 4.15. The number of nitrogen functional groups attached to an aromatic ring is 1. The van der Waals surface area contributed by atoms with E-state index in [0.29, 0.717) is 5.92 Å². The van der Waals surface area contributed by atoms with Crippen molar-refractivity contribution in [2.75, 3.05) is 5.43 Å². The fourth-order valence-electron chi connectivity index (χ4n) is 1.74.